The average molecular weight is 460 g/mol. The summed E-state index contributed by atoms with van der Waals surface area (Å²) >= 11 is 11.9. The number of halogens is 3. The van der Waals surface area contributed by atoms with E-state index in [9.17, 15) is 9.18 Å². The van der Waals surface area contributed by atoms with E-state index in [1.807, 2.05) is 0 Å². The van der Waals surface area contributed by atoms with Crippen LogP contribution in [-0.4, -0.2) is 15.7 Å². The van der Waals surface area contributed by atoms with Crippen LogP contribution in [0.1, 0.15) is 21.9 Å². The molecule has 2 aromatic heterocycles. The standard InChI is InChI=1S/C22H16Cl2FN3O3/c23-15-4-6-20(19(24)9-15)30-13-18-5-7-21(31-18)22(29)27-17-10-26-28(12-17)11-14-2-1-3-16(25)8-14/h1-10,12H,11,13H2,(H,27,29). The summed E-state index contributed by atoms with van der Waals surface area (Å²) in [6, 6.07) is 14.3. The first-order valence-electron chi connectivity index (χ1n) is 9.21. The Kier molecular flexibility index (Phi) is 6.25. The number of aromatic nitrogens is 2. The molecule has 1 N–H and O–H groups in total. The minimum absolute atomic E-state index is 0.0974. The van der Waals surface area contributed by atoms with E-state index in [0.29, 0.717) is 33.8 Å². The average Bonchev–Trinajstić information content (AvgIpc) is 3.37. The quantitative estimate of drug-likeness (QED) is 0.379. The second-order valence-electron chi connectivity index (χ2n) is 6.64. The van der Waals surface area contributed by atoms with Crippen molar-refractivity contribution >= 4 is 34.8 Å². The van der Waals surface area contributed by atoms with Crippen LogP contribution in [0.5, 0.6) is 5.75 Å². The molecule has 0 saturated carbocycles. The Balaban J connectivity index is 1.34. The molecule has 0 saturated heterocycles. The first kappa shape index (κ1) is 21.0. The van der Waals surface area contributed by atoms with Gasteiger partial charge in [0.2, 0.25) is 0 Å². The number of benzene rings is 2. The van der Waals surface area contributed by atoms with Crippen LogP contribution in [0.15, 0.2) is 71.4 Å². The number of hydrogen-bond acceptors (Lipinski definition) is 4. The highest BCUT2D eigenvalue weighted by Gasteiger charge is 2.13. The summed E-state index contributed by atoms with van der Waals surface area (Å²) in [5, 5.41) is 7.78. The molecule has 6 nitrogen and oxygen atoms in total. The van der Waals surface area contributed by atoms with E-state index in [0.717, 1.165) is 5.56 Å². The molecule has 0 aliphatic rings. The molecular weight excluding hydrogens is 444 g/mol. The lowest BCUT2D eigenvalue weighted by Gasteiger charge is -2.06. The Morgan fingerprint density at radius 3 is 2.84 bits per heavy atom. The molecule has 0 fully saturated rings. The summed E-state index contributed by atoms with van der Waals surface area (Å²) in [6.45, 7) is 0.476. The van der Waals surface area contributed by atoms with Gasteiger partial charge in [0.05, 0.1) is 23.5 Å². The van der Waals surface area contributed by atoms with Crippen molar-refractivity contribution in [3.05, 3.63) is 99.9 Å². The number of hydrogen-bond donors (Lipinski definition) is 1. The lowest BCUT2D eigenvalue weighted by molar-refractivity contribution is 0.0992. The molecule has 4 aromatic rings. The van der Waals surface area contributed by atoms with E-state index < -0.39 is 5.91 Å². The van der Waals surface area contributed by atoms with Gasteiger partial charge in [-0.15, -0.1) is 0 Å². The minimum Gasteiger partial charge on any atom is -0.484 e. The molecule has 2 heterocycles. The topological polar surface area (TPSA) is 69.3 Å². The Bertz CT molecular complexity index is 1220. The van der Waals surface area contributed by atoms with Crippen molar-refractivity contribution in [1.29, 1.82) is 0 Å². The lowest BCUT2D eigenvalue weighted by Crippen LogP contribution is -2.10. The minimum atomic E-state index is -0.430. The summed E-state index contributed by atoms with van der Waals surface area (Å²) in [5.74, 6) is 0.297. The highest BCUT2D eigenvalue weighted by atomic mass is 35.5. The summed E-state index contributed by atoms with van der Waals surface area (Å²) in [7, 11) is 0. The zero-order chi connectivity index (χ0) is 21.8. The highest BCUT2D eigenvalue weighted by Crippen LogP contribution is 2.28. The number of rotatable bonds is 7. The normalized spacial score (nSPS) is 10.8. The maximum atomic E-state index is 13.3. The molecule has 0 atom stereocenters. The molecule has 0 unspecified atom stereocenters. The number of nitrogens with zero attached hydrogens (tertiary/aromatic N) is 2. The van der Waals surface area contributed by atoms with Crippen molar-refractivity contribution in [3.8, 4) is 5.75 Å². The van der Waals surface area contributed by atoms with Gasteiger partial charge in [-0.3, -0.25) is 9.48 Å². The number of amides is 1. The van der Waals surface area contributed by atoms with Crippen LogP contribution in [0, 0.1) is 5.82 Å². The zero-order valence-corrected chi connectivity index (χ0v) is 17.5. The first-order chi connectivity index (χ1) is 15.0. The number of carbonyl (C=O) groups excluding carboxylic acids is 1. The van der Waals surface area contributed by atoms with E-state index in [-0.39, 0.29) is 18.2 Å². The summed E-state index contributed by atoms with van der Waals surface area (Å²) in [6.07, 6.45) is 3.16. The third-order valence-electron chi connectivity index (χ3n) is 4.27. The Labute approximate surface area is 187 Å². The molecular formula is C22H16Cl2FN3O3. The van der Waals surface area contributed by atoms with Crippen LogP contribution in [-0.2, 0) is 13.2 Å². The van der Waals surface area contributed by atoms with Gasteiger partial charge in [0.1, 0.15) is 23.9 Å². The van der Waals surface area contributed by atoms with Crippen LogP contribution in [0.3, 0.4) is 0 Å². The van der Waals surface area contributed by atoms with Gasteiger partial charge in [0.25, 0.3) is 5.91 Å². The molecule has 0 bridgehead atoms. The molecule has 2 aromatic carbocycles. The lowest BCUT2D eigenvalue weighted by atomic mass is 10.2. The smallest absolute Gasteiger partial charge is 0.291 e. The highest BCUT2D eigenvalue weighted by molar-refractivity contribution is 6.35. The van der Waals surface area contributed by atoms with Gasteiger partial charge in [0, 0.05) is 11.2 Å². The van der Waals surface area contributed by atoms with E-state index in [4.69, 9.17) is 32.4 Å². The molecule has 9 heteroatoms. The fourth-order valence-electron chi connectivity index (χ4n) is 2.85. The Morgan fingerprint density at radius 2 is 2.03 bits per heavy atom. The summed E-state index contributed by atoms with van der Waals surface area (Å²) in [4.78, 5) is 12.4. The summed E-state index contributed by atoms with van der Waals surface area (Å²) in [5.41, 5.74) is 1.25. The monoisotopic (exact) mass is 459 g/mol. The van der Waals surface area contributed by atoms with Crippen LogP contribution < -0.4 is 10.1 Å². The van der Waals surface area contributed by atoms with Gasteiger partial charge in [-0.1, -0.05) is 35.3 Å². The van der Waals surface area contributed by atoms with Gasteiger partial charge in [-0.05, 0) is 48.0 Å². The van der Waals surface area contributed by atoms with Crippen molar-refractivity contribution in [1.82, 2.24) is 9.78 Å². The van der Waals surface area contributed by atoms with Crippen molar-refractivity contribution in [2.45, 2.75) is 13.2 Å². The van der Waals surface area contributed by atoms with Gasteiger partial charge >= 0.3 is 0 Å². The van der Waals surface area contributed by atoms with Gasteiger partial charge in [-0.25, -0.2) is 4.39 Å². The van der Waals surface area contributed by atoms with Crippen molar-refractivity contribution in [3.63, 3.8) is 0 Å². The molecule has 0 aliphatic heterocycles. The third-order valence-corrected chi connectivity index (χ3v) is 4.80. The molecule has 0 spiro atoms. The third kappa shape index (κ3) is 5.45. The van der Waals surface area contributed by atoms with Crippen molar-refractivity contribution in [2.24, 2.45) is 0 Å². The number of carbonyl (C=O) groups is 1. The second kappa shape index (κ2) is 9.24. The molecule has 0 aliphatic carbocycles. The Hall–Kier alpha value is -3.29. The first-order valence-corrected chi connectivity index (χ1v) is 9.97. The zero-order valence-electron chi connectivity index (χ0n) is 16.0. The second-order valence-corrected chi connectivity index (χ2v) is 7.48. The number of ether oxygens (including phenoxy) is 1. The van der Waals surface area contributed by atoms with E-state index in [2.05, 4.69) is 10.4 Å². The predicted molar refractivity (Wildman–Crippen MR) is 115 cm³/mol. The molecule has 0 radical (unpaired) electrons. The van der Waals surface area contributed by atoms with Crippen LogP contribution in [0.2, 0.25) is 10.0 Å². The number of furan rings is 1. The van der Waals surface area contributed by atoms with E-state index in [1.165, 1.54) is 18.3 Å². The van der Waals surface area contributed by atoms with Crippen LogP contribution >= 0.6 is 23.2 Å². The van der Waals surface area contributed by atoms with Gasteiger partial charge in [0.15, 0.2) is 5.76 Å². The van der Waals surface area contributed by atoms with Crippen LogP contribution in [0.4, 0.5) is 10.1 Å². The van der Waals surface area contributed by atoms with E-state index >= 15 is 0 Å². The molecule has 31 heavy (non-hydrogen) atoms. The summed E-state index contributed by atoms with van der Waals surface area (Å²) < 4.78 is 26.0. The van der Waals surface area contributed by atoms with Crippen LogP contribution in [0.25, 0.3) is 0 Å². The predicted octanol–water partition coefficient (Wildman–Crippen LogP) is 5.80. The van der Waals surface area contributed by atoms with Gasteiger partial charge in [-0.2, -0.15) is 5.10 Å². The fraction of sp³-hybridized carbons (Fsp3) is 0.0909. The molecule has 1 amide bonds. The fourth-order valence-corrected chi connectivity index (χ4v) is 3.31. The number of anilines is 1. The van der Waals surface area contributed by atoms with Gasteiger partial charge < -0.3 is 14.5 Å². The SMILES string of the molecule is O=C(Nc1cnn(Cc2cccc(F)c2)c1)c1ccc(COc2ccc(Cl)cc2Cl)o1. The molecule has 158 valence electrons. The largest absolute Gasteiger partial charge is 0.484 e. The Morgan fingerprint density at radius 1 is 1.16 bits per heavy atom. The van der Waals surface area contributed by atoms with Crippen molar-refractivity contribution in [2.75, 3.05) is 5.32 Å². The molecule has 4 rings (SSSR count). The van der Waals surface area contributed by atoms with E-state index in [1.54, 1.807) is 53.3 Å². The maximum Gasteiger partial charge on any atom is 0.291 e. The maximum absolute atomic E-state index is 13.3. The van der Waals surface area contributed by atoms with Crippen molar-refractivity contribution < 1.29 is 18.3 Å². The number of nitrogens with one attached hydrogen (secondary N) is 1.